The van der Waals surface area contributed by atoms with Crippen molar-refractivity contribution in [2.45, 2.75) is 0 Å². The average molecular weight is 578 g/mol. The number of anilines is 3. The first-order chi connectivity index (χ1) is 22.3. The van der Waals surface area contributed by atoms with Crippen LogP contribution in [0.5, 0.6) is 0 Å². The van der Waals surface area contributed by atoms with Crippen LogP contribution in [-0.4, -0.2) is 9.55 Å². The summed E-state index contributed by atoms with van der Waals surface area (Å²) < 4.78 is 8.81. The van der Waals surface area contributed by atoms with Gasteiger partial charge in [-0.05, 0) is 60.7 Å². The first-order valence-electron chi connectivity index (χ1n) is 15.1. The van der Waals surface area contributed by atoms with E-state index in [4.69, 9.17) is 9.40 Å². The molecule has 4 heteroatoms. The molecule has 0 bridgehead atoms. The Morgan fingerprint density at radius 3 is 1.89 bits per heavy atom. The second kappa shape index (κ2) is 10.2. The number of para-hydroxylation sites is 3. The van der Waals surface area contributed by atoms with E-state index in [0.717, 1.165) is 50.2 Å². The predicted molar refractivity (Wildman–Crippen MR) is 186 cm³/mol. The quantitative estimate of drug-likeness (QED) is 0.204. The van der Waals surface area contributed by atoms with Crippen LogP contribution in [0, 0.1) is 0 Å². The fourth-order valence-corrected chi connectivity index (χ4v) is 6.59. The van der Waals surface area contributed by atoms with Crippen molar-refractivity contribution in [1.82, 2.24) is 9.55 Å². The maximum atomic E-state index is 6.46. The summed E-state index contributed by atoms with van der Waals surface area (Å²) in [6, 6.07) is 57.3. The highest BCUT2D eigenvalue weighted by molar-refractivity contribution is 6.14. The maximum Gasteiger partial charge on any atom is 0.227 e. The topological polar surface area (TPSA) is 34.2 Å². The molecule has 0 atom stereocenters. The van der Waals surface area contributed by atoms with Crippen LogP contribution in [0.4, 0.5) is 17.1 Å². The zero-order chi connectivity index (χ0) is 29.7. The van der Waals surface area contributed by atoms with Gasteiger partial charge in [-0.3, -0.25) is 0 Å². The molecule has 2 aromatic heterocycles. The molecule has 9 rings (SSSR count). The summed E-state index contributed by atoms with van der Waals surface area (Å²) in [7, 11) is 0. The number of nitrogens with zero attached hydrogens (tertiary/aromatic N) is 3. The molecular weight excluding hydrogens is 550 g/mol. The zero-order valence-corrected chi connectivity index (χ0v) is 24.3. The van der Waals surface area contributed by atoms with Gasteiger partial charge in [0.1, 0.15) is 5.52 Å². The molecular formula is C41H27N3O. The Kier molecular flexibility index (Phi) is 5.78. The van der Waals surface area contributed by atoms with Crippen molar-refractivity contribution in [2.24, 2.45) is 0 Å². The Hall–Kier alpha value is -6.13. The normalized spacial score (nSPS) is 11.6. The number of oxazole rings is 1. The number of benzene rings is 7. The van der Waals surface area contributed by atoms with Gasteiger partial charge in [0.05, 0.1) is 16.7 Å². The number of hydrogen-bond donors (Lipinski definition) is 0. The lowest BCUT2D eigenvalue weighted by Gasteiger charge is -2.27. The van der Waals surface area contributed by atoms with Gasteiger partial charge in [-0.15, -0.1) is 0 Å². The SMILES string of the molecule is c1ccc(-c2nc3c(cc(N(c4ccccc4)c4ccc5c(c4)c4ccccc4n5-c4ccccc4)c4ccccc43)o2)cc1. The molecule has 0 saturated carbocycles. The van der Waals surface area contributed by atoms with Gasteiger partial charge in [0.15, 0.2) is 5.58 Å². The molecule has 0 aliphatic heterocycles. The molecule has 0 aliphatic rings. The van der Waals surface area contributed by atoms with Crippen molar-refractivity contribution in [3.63, 3.8) is 0 Å². The Balaban J connectivity index is 1.32. The van der Waals surface area contributed by atoms with E-state index in [1.807, 2.05) is 30.3 Å². The fraction of sp³-hybridized carbons (Fsp3) is 0. The highest BCUT2D eigenvalue weighted by atomic mass is 16.3. The van der Waals surface area contributed by atoms with Crippen LogP contribution in [-0.2, 0) is 0 Å². The molecule has 0 spiro atoms. The third-order valence-electron chi connectivity index (χ3n) is 8.58. The largest absolute Gasteiger partial charge is 0.436 e. The van der Waals surface area contributed by atoms with Gasteiger partial charge in [-0.25, -0.2) is 4.98 Å². The van der Waals surface area contributed by atoms with Crippen molar-refractivity contribution in [2.75, 3.05) is 4.90 Å². The molecule has 0 aliphatic carbocycles. The monoisotopic (exact) mass is 577 g/mol. The molecule has 45 heavy (non-hydrogen) atoms. The van der Waals surface area contributed by atoms with Crippen LogP contribution in [0.2, 0.25) is 0 Å². The average Bonchev–Trinajstić information content (AvgIpc) is 3.69. The van der Waals surface area contributed by atoms with Crippen molar-refractivity contribution in [3.8, 4) is 17.1 Å². The smallest absolute Gasteiger partial charge is 0.227 e. The molecule has 2 heterocycles. The molecule has 0 saturated heterocycles. The van der Waals surface area contributed by atoms with Gasteiger partial charge < -0.3 is 13.9 Å². The summed E-state index contributed by atoms with van der Waals surface area (Å²) in [5.41, 5.74) is 9.24. The minimum Gasteiger partial charge on any atom is -0.436 e. The van der Waals surface area contributed by atoms with Crippen LogP contribution < -0.4 is 4.90 Å². The van der Waals surface area contributed by atoms with Crippen LogP contribution in [0.25, 0.3) is 60.8 Å². The second-order valence-electron chi connectivity index (χ2n) is 11.2. The summed E-state index contributed by atoms with van der Waals surface area (Å²) in [5.74, 6) is 0.620. The van der Waals surface area contributed by atoms with E-state index in [0.29, 0.717) is 5.89 Å². The van der Waals surface area contributed by atoms with E-state index < -0.39 is 0 Å². The van der Waals surface area contributed by atoms with Gasteiger partial charge in [0.2, 0.25) is 5.89 Å². The van der Waals surface area contributed by atoms with Gasteiger partial charge in [0, 0.05) is 50.2 Å². The minimum atomic E-state index is 0.620. The lowest BCUT2D eigenvalue weighted by atomic mass is 10.0. The van der Waals surface area contributed by atoms with Crippen LogP contribution >= 0.6 is 0 Å². The first kappa shape index (κ1) is 25.4. The first-order valence-corrected chi connectivity index (χ1v) is 15.1. The number of aromatic nitrogens is 2. The molecule has 0 amide bonds. The van der Waals surface area contributed by atoms with Gasteiger partial charge in [-0.2, -0.15) is 0 Å². The molecule has 0 fully saturated rings. The van der Waals surface area contributed by atoms with Crippen molar-refractivity contribution in [3.05, 3.63) is 164 Å². The number of fused-ring (bicyclic) bond motifs is 6. The highest BCUT2D eigenvalue weighted by Gasteiger charge is 2.21. The lowest BCUT2D eigenvalue weighted by molar-refractivity contribution is 0.620. The maximum absolute atomic E-state index is 6.46. The Morgan fingerprint density at radius 2 is 1.11 bits per heavy atom. The third kappa shape index (κ3) is 4.11. The van der Waals surface area contributed by atoms with E-state index in [-0.39, 0.29) is 0 Å². The van der Waals surface area contributed by atoms with E-state index in [2.05, 4.69) is 143 Å². The lowest BCUT2D eigenvalue weighted by Crippen LogP contribution is -2.10. The van der Waals surface area contributed by atoms with E-state index >= 15 is 0 Å². The summed E-state index contributed by atoms with van der Waals surface area (Å²) >= 11 is 0. The van der Waals surface area contributed by atoms with E-state index in [1.165, 1.54) is 21.8 Å². The standard InChI is InChI=1S/C41H27N3O/c1-4-14-28(15-5-1)41-42-40-34-22-11-10-20-32(34)38(27-39(40)45-41)43(29-16-6-2-7-17-29)31-24-25-37-35(26-31)33-21-12-13-23-36(33)44(37)30-18-8-3-9-19-30/h1-27H. The summed E-state index contributed by atoms with van der Waals surface area (Å²) in [6.07, 6.45) is 0. The minimum absolute atomic E-state index is 0.620. The predicted octanol–water partition coefficient (Wildman–Crippen LogP) is 11.2. The van der Waals surface area contributed by atoms with Crippen molar-refractivity contribution in [1.29, 1.82) is 0 Å². The third-order valence-corrected chi connectivity index (χ3v) is 8.58. The molecule has 4 nitrogen and oxygen atoms in total. The zero-order valence-electron chi connectivity index (χ0n) is 24.3. The number of hydrogen-bond acceptors (Lipinski definition) is 3. The van der Waals surface area contributed by atoms with Crippen LogP contribution in [0.3, 0.4) is 0 Å². The summed E-state index contributed by atoms with van der Waals surface area (Å²) in [4.78, 5) is 7.31. The molecule has 7 aromatic carbocycles. The summed E-state index contributed by atoms with van der Waals surface area (Å²) in [5, 5.41) is 4.57. The van der Waals surface area contributed by atoms with Crippen LogP contribution in [0.15, 0.2) is 168 Å². The van der Waals surface area contributed by atoms with E-state index in [9.17, 15) is 0 Å². The molecule has 0 radical (unpaired) electrons. The van der Waals surface area contributed by atoms with Crippen molar-refractivity contribution >= 4 is 60.7 Å². The Bertz CT molecular complexity index is 2480. The number of rotatable bonds is 5. The molecule has 0 N–H and O–H groups in total. The molecule has 0 unspecified atom stereocenters. The van der Waals surface area contributed by atoms with E-state index in [1.54, 1.807) is 0 Å². The van der Waals surface area contributed by atoms with Crippen molar-refractivity contribution < 1.29 is 4.42 Å². The Labute approximate surface area is 260 Å². The second-order valence-corrected chi connectivity index (χ2v) is 11.2. The van der Waals surface area contributed by atoms with Gasteiger partial charge in [-0.1, -0.05) is 97.1 Å². The fourth-order valence-electron chi connectivity index (χ4n) is 6.59. The molecule has 9 aromatic rings. The van der Waals surface area contributed by atoms with Crippen LogP contribution in [0.1, 0.15) is 0 Å². The molecule has 212 valence electrons. The Morgan fingerprint density at radius 1 is 0.489 bits per heavy atom. The highest BCUT2D eigenvalue weighted by Crippen LogP contribution is 2.44. The summed E-state index contributed by atoms with van der Waals surface area (Å²) in [6.45, 7) is 0. The van der Waals surface area contributed by atoms with Gasteiger partial charge >= 0.3 is 0 Å². The van der Waals surface area contributed by atoms with Gasteiger partial charge in [0.25, 0.3) is 0 Å².